The summed E-state index contributed by atoms with van der Waals surface area (Å²) in [7, 11) is 0. The van der Waals surface area contributed by atoms with E-state index in [0.29, 0.717) is 19.6 Å². The number of hydrogen-bond acceptors (Lipinski definition) is 3. The molecule has 1 unspecified atom stereocenters. The van der Waals surface area contributed by atoms with Crippen LogP contribution in [-0.2, 0) is 9.53 Å². The van der Waals surface area contributed by atoms with Gasteiger partial charge < -0.3 is 20.5 Å². The summed E-state index contributed by atoms with van der Waals surface area (Å²) in [5.41, 5.74) is -0.429. The van der Waals surface area contributed by atoms with Gasteiger partial charge in [-0.25, -0.2) is 4.79 Å². The Hall–Kier alpha value is -1.30. The molecule has 6 nitrogen and oxygen atoms in total. The van der Waals surface area contributed by atoms with Crippen LogP contribution in [0.25, 0.3) is 0 Å². The molecule has 0 rings (SSSR count). The molecule has 0 aliphatic heterocycles. The molecule has 0 aromatic heterocycles. The Morgan fingerprint density at radius 2 is 1.89 bits per heavy atom. The summed E-state index contributed by atoms with van der Waals surface area (Å²) < 4.78 is 5.45. The summed E-state index contributed by atoms with van der Waals surface area (Å²) in [6.45, 7) is 8.67. The fraction of sp³-hybridized carbons (Fsp3) is 0.846. The Morgan fingerprint density at radius 1 is 1.26 bits per heavy atom. The van der Waals surface area contributed by atoms with Crippen molar-refractivity contribution in [2.24, 2.45) is 5.92 Å². The molecule has 6 heteroatoms. The number of carboxylic acids is 1. The number of nitrogens with one attached hydrogen (secondary N) is 2. The molecule has 0 aliphatic carbocycles. The molecule has 0 bridgehead atoms. The number of carbonyl (C=O) groups excluding carboxylic acids is 1. The molecule has 0 fully saturated rings. The maximum Gasteiger partial charge on any atom is 0.314 e. The van der Waals surface area contributed by atoms with Gasteiger partial charge in [-0.15, -0.1) is 0 Å². The van der Waals surface area contributed by atoms with Gasteiger partial charge in [0.2, 0.25) is 0 Å². The average molecular weight is 274 g/mol. The number of amides is 2. The third-order valence-corrected chi connectivity index (χ3v) is 2.71. The summed E-state index contributed by atoms with van der Waals surface area (Å²) in [5, 5.41) is 14.2. The number of carboxylic acid groups (broad SMARTS) is 1. The van der Waals surface area contributed by atoms with E-state index in [1.165, 1.54) is 0 Å². The smallest absolute Gasteiger partial charge is 0.314 e. The van der Waals surface area contributed by atoms with Crippen LogP contribution in [-0.4, -0.2) is 42.4 Å². The van der Waals surface area contributed by atoms with Crippen LogP contribution in [0.1, 0.15) is 40.5 Å². The van der Waals surface area contributed by atoms with Gasteiger partial charge in [-0.3, -0.25) is 4.79 Å². The quantitative estimate of drug-likeness (QED) is 0.596. The average Bonchev–Trinajstić information content (AvgIpc) is 2.31. The normalized spacial score (nSPS) is 12.8. The molecular weight excluding hydrogens is 248 g/mol. The van der Waals surface area contributed by atoms with E-state index in [2.05, 4.69) is 10.6 Å². The summed E-state index contributed by atoms with van der Waals surface area (Å²) in [6, 6.07) is -0.366. The van der Waals surface area contributed by atoms with Gasteiger partial charge in [-0.05, 0) is 27.2 Å². The summed E-state index contributed by atoms with van der Waals surface area (Å²) in [6.07, 6.45) is 1.33. The predicted molar refractivity (Wildman–Crippen MR) is 73.1 cm³/mol. The van der Waals surface area contributed by atoms with Crippen molar-refractivity contribution in [3.8, 4) is 0 Å². The molecule has 0 aromatic carbocycles. The first-order chi connectivity index (χ1) is 8.82. The third-order valence-electron chi connectivity index (χ3n) is 2.71. The third kappa shape index (κ3) is 8.42. The van der Waals surface area contributed by atoms with E-state index < -0.39 is 17.5 Å². The van der Waals surface area contributed by atoms with Gasteiger partial charge in [0, 0.05) is 19.7 Å². The second-order valence-electron chi connectivity index (χ2n) is 5.08. The van der Waals surface area contributed by atoms with Crippen LogP contribution in [0.3, 0.4) is 0 Å². The first kappa shape index (κ1) is 17.7. The molecule has 0 saturated carbocycles. The molecule has 0 aromatic rings. The highest BCUT2D eigenvalue weighted by molar-refractivity contribution is 5.75. The Bertz CT molecular complexity index is 292. The van der Waals surface area contributed by atoms with Crippen molar-refractivity contribution in [2.75, 3.05) is 19.7 Å². The van der Waals surface area contributed by atoms with Crippen LogP contribution >= 0.6 is 0 Å². The van der Waals surface area contributed by atoms with E-state index in [4.69, 9.17) is 9.84 Å². The SMILES string of the molecule is CCCC(CNC(=O)NCC(C)(C)OCC)C(=O)O. The number of ether oxygens (including phenoxy) is 1. The van der Waals surface area contributed by atoms with E-state index in [1.807, 2.05) is 27.7 Å². The summed E-state index contributed by atoms with van der Waals surface area (Å²) >= 11 is 0. The molecule has 0 spiro atoms. The zero-order chi connectivity index (χ0) is 14.9. The lowest BCUT2D eigenvalue weighted by Gasteiger charge is -2.25. The van der Waals surface area contributed by atoms with Crippen molar-refractivity contribution in [2.45, 2.75) is 46.1 Å². The van der Waals surface area contributed by atoms with E-state index in [-0.39, 0.29) is 12.6 Å². The van der Waals surface area contributed by atoms with Gasteiger partial charge in [-0.2, -0.15) is 0 Å². The van der Waals surface area contributed by atoms with E-state index >= 15 is 0 Å². The minimum atomic E-state index is -0.878. The van der Waals surface area contributed by atoms with E-state index in [9.17, 15) is 9.59 Å². The highest BCUT2D eigenvalue weighted by Crippen LogP contribution is 2.07. The fourth-order valence-corrected chi connectivity index (χ4v) is 1.67. The first-order valence-electron chi connectivity index (χ1n) is 6.70. The van der Waals surface area contributed by atoms with Crippen molar-refractivity contribution < 1.29 is 19.4 Å². The number of urea groups is 1. The second kappa shape index (κ2) is 8.74. The highest BCUT2D eigenvalue weighted by Gasteiger charge is 2.20. The number of hydrogen-bond donors (Lipinski definition) is 3. The van der Waals surface area contributed by atoms with Gasteiger partial charge in [-0.1, -0.05) is 13.3 Å². The van der Waals surface area contributed by atoms with Crippen molar-refractivity contribution in [3.63, 3.8) is 0 Å². The topological polar surface area (TPSA) is 87.7 Å². The van der Waals surface area contributed by atoms with Crippen molar-refractivity contribution in [3.05, 3.63) is 0 Å². The van der Waals surface area contributed by atoms with Crippen LogP contribution in [0.4, 0.5) is 4.79 Å². The van der Waals surface area contributed by atoms with Gasteiger partial charge in [0.1, 0.15) is 0 Å². The minimum Gasteiger partial charge on any atom is -0.481 e. The number of carbonyl (C=O) groups is 2. The molecule has 112 valence electrons. The van der Waals surface area contributed by atoms with Gasteiger partial charge in [0.15, 0.2) is 0 Å². The monoisotopic (exact) mass is 274 g/mol. The lowest BCUT2D eigenvalue weighted by molar-refractivity contribution is -0.141. The fourth-order valence-electron chi connectivity index (χ4n) is 1.67. The second-order valence-corrected chi connectivity index (χ2v) is 5.08. The summed E-state index contributed by atoms with van der Waals surface area (Å²) in [5.74, 6) is -1.41. The van der Waals surface area contributed by atoms with Gasteiger partial charge in [0.25, 0.3) is 0 Å². The molecule has 19 heavy (non-hydrogen) atoms. The van der Waals surface area contributed by atoms with Crippen LogP contribution in [0, 0.1) is 5.92 Å². The van der Waals surface area contributed by atoms with E-state index in [1.54, 1.807) is 0 Å². The van der Waals surface area contributed by atoms with E-state index in [0.717, 1.165) is 6.42 Å². The van der Waals surface area contributed by atoms with Crippen LogP contribution in [0.15, 0.2) is 0 Å². The zero-order valence-corrected chi connectivity index (χ0v) is 12.3. The van der Waals surface area contributed by atoms with Crippen LogP contribution < -0.4 is 10.6 Å². The summed E-state index contributed by atoms with van der Waals surface area (Å²) in [4.78, 5) is 22.5. The predicted octanol–water partition coefficient (Wildman–Crippen LogP) is 1.60. The zero-order valence-electron chi connectivity index (χ0n) is 12.3. The Morgan fingerprint density at radius 3 is 2.37 bits per heavy atom. The molecule has 0 aliphatic rings. The maximum atomic E-state index is 11.6. The Balaban J connectivity index is 4.01. The number of aliphatic carboxylic acids is 1. The minimum absolute atomic E-state index is 0.143. The lowest BCUT2D eigenvalue weighted by atomic mass is 10.0. The van der Waals surface area contributed by atoms with Gasteiger partial charge >= 0.3 is 12.0 Å². The molecular formula is C13H26N2O4. The standard InChI is InChI=1S/C13H26N2O4/c1-5-7-10(11(16)17)8-14-12(18)15-9-13(3,4)19-6-2/h10H,5-9H2,1-4H3,(H,16,17)(H2,14,15,18). The van der Waals surface area contributed by atoms with Crippen molar-refractivity contribution >= 4 is 12.0 Å². The lowest BCUT2D eigenvalue weighted by Crippen LogP contribution is -2.46. The molecule has 0 radical (unpaired) electrons. The first-order valence-corrected chi connectivity index (χ1v) is 6.70. The molecule has 2 amide bonds. The highest BCUT2D eigenvalue weighted by atomic mass is 16.5. The number of rotatable bonds is 9. The van der Waals surface area contributed by atoms with Crippen molar-refractivity contribution in [1.82, 2.24) is 10.6 Å². The maximum absolute atomic E-state index is 11.6. The molecule has 0 heterocycles. The Kier molecular flexibility index (Phi) is 8.14. The van der Waals surface area contributed by atoms with Crippen molar-refractivity contribution in [1.29, 1.82) is 0 Å². The largest absolute Gasteiger partial charge is 0.481 e. The van der Waals surface area contributed by atoms with Gasteiger partial charge in [0.05, 0.1) is 11.5 Å². The van der Waals surface area contributed by atoms with Crippen LogP contribution in [0.5, 0.6) is 0 Å². The van der Waals surface area contributed by atoms with Crippen LogP contribution in [0.2, 0.25) is 0 Å². The molecule has 1 atom stereocenters. The Labute approximate surface area is 114 Å². The molecule has 0 saturated heterocycles. The molecule has 3 N–H and O–H groups in total.